The number of hydrogen-bond acceptors (Lipinski definition) is 1. The number of likely N-dealkylation sites (tertiary alicyclic amines) is 1. The van der Waals surface area contributed by atoms with Crippen molar-refractivity contribution < 1.29 is 39.5 Å². The molecular formula is C33H34F9N. The summed E-state index contributed by atoms with van der Waals surface area (Å²) in [6.07, 6.45) is -12.9. The maximum atomic E-state index is 14.1. The van der Waals surface area contributed by atoms with Gasteiger partial charge in [-0.1, -0.05) is 69.3 Å². The van der Waals surface area contributed by atoms with Crippen molar-refractivity contribution >= 4 is 0 Å². The Morgan fingerprint density at radius 2 is 1.37 bits per heavy atom. The van der Waals surface area contributed by atoms with Crippen LogP contribution in [0.3, 0.4) is 0 Å². The Hall–Kier alpha value is -3.01. The minimum Gasteiger partial charge on any atom is -0.287 e. The Balaban J connectivity index is 1.71. The summed E-state index contributed by atoms with van der Waals surface area (Å²) in [5.41, 5.74) is 1.35. The predicted octanol–water partition coefficient (Wildman–Crippen LogP) is 10.9. The van der Waals surface area contributed by atoms with Crippen LogP contribution in [0.1, 0.15) is 79.7 Å². The normalized spacial score (nSPS) is 19.6. The summed E-state index contributed by atoms with van der Waals surface area (Å²) in [5.74, 6) is 0.0861. The van der Waals surface area contributed by atoms with Crippen molar-refractivity contribution in [1.82, 2.24) is 4.90 Å². The maximum absolute atomic E-state index is 14.1. The van der Waals surface area contributed by atoms with Gasteiger partial charge in [-0.25, -0.2) is 0 Å². The van der Waals surface area contributed by atoms with Crippen LogP contribution >= 0.6 is 0 Å². The van der Waals surface area contributed by atoms with Crippen LogP contribution in [0.4, 0.5) is 39.5 Å². The Labute approximate surface area is 245 Å². The third kappa shape index (κ3) is 8.34. The quantitative estimate of drug-likeness (QED) is 0.239. The van der Waals surface area contributed by atoms with E-state index in [-0.39, 0.29) is 43.3 Å². The molecule has 3 unspecified atom stereocenters. The highest BCUT2D eigenvalue weighted by atomic mass is 19.4. The van der Waals surface area contributed by atoms with E-state index in [9.17, 15) is 39.5 Å². The van der Waals surface area contributed by atoms with E-state index in [1.54, 1.807) is 0 Å². The largest absolute Gasteiger partial charge is 0.416 e. The molecule has 1 fully saturated rings. The van der Waals surface area contributed by atoms with Gasteiger partial charge in [0.05, 0.1) is 11.1 Å². The lowest BCUT2D eigenvalue weighted by atomic mass is 9.82. The molecule has 1 nitrogen and oxygen atoms in total. The van der Waals surface area contributed by atoms with Crippen molar-refractivity contribution in [3.8, 4) is 11.1 Å². The molecule has 0 bridgehead atoms. The molecule has 0 radical (unpaired) electrons. The highest BCUT2D eigenvalue weighted by molar-refractivity contribution is 5.66. The Kier molecular flexibility index (Phi) is 9.59. The Morgan fingerprint density at radius 1 is 0.721 bits per heavy atom. The lowest BCUT2D eigenvalue weighted by molar-refractivity contribution is -0.194. The minimum atomic E-state index is -4.62. The molecule has 0 aliphatic carbocycles. The first-order valence-electron chi connectivity index (χ1n) is 14.2. The molecule has 3 aromatic rings. The number of nitrogens with zero attached hydrogens (tertiary/aromatic N) is 1. The molecule has 4 rings (SSSR count). The SMILES string of the molecule is CC(C)CC(C)c1cc(-c2ccc(C(F)(F)F)cc2)cc(C2CCC(C(F)(F)F)N(Cc3cccc(C(F)(F)F)c3)C2)c1. The zero-order chi connectivity index (χ0) is 31.7. The van der Waals surface area contributed by atoms with Gasteiger partial charge in [-0.3, -0.25) is 4.90 Å². The Morgan fingerprint density at radius 3 is 1.95 bits per heavy atom. The molecule has 234 valence electrons. The molecule has 10 heteroatoms. The highest BCUT2D eigenvalue weighted by Crippen LogP contribution is 2.41. The predicted molar refractivity (Wildman–Crippen MR) is 148 cm³/mol. The number of benzene rings is 3. The smallest absolute Gasteiger partial charge is 0.287 e. The summed E-state index contributed by atoms with van der Waals surface area (Å²) in [5, 5.41) is 0. The van der Waals surface area contributed by atoms with E-state index in [0.29, 0.717) is 17.0 Å². The summed E-state index contributed by atoms with van der Waals surface area (Å²) in [7, 11) is 0. The lowest BCUT2D eigenvalue weighted by Crippen LogP contribution is -2.50. The standard InChI is InChI=1S/C33H34F9N/c1-20(2)13-21(3)25-15-26(23-7-10-28(11-8-23)31(34,35)36)17-27(16-25)24-9-12-30(33(40,41)42)43(19-24)18-22-5-4-6-29(14-22)32(37,38)39/h4-8,10-11,14-17,20-21,24,30H,9,12-13,18-19H2,1-3H3. The molecule has 0 saturated carbocycles. The second-order valence-corrected chi connectivity index (χ2v) is 12.0. The average molecular weight is 616 g/mol. The lowest BCUT2D eigenvalue weighted by Gasteiger charge is -2.41. The highest BCUT2D eigenvalue weighted by Gasteiger charge is 2.46. The maximum Gasteiger partial charge on any atom is 0.416 e. The zero-order valence-corrected chi connectivity index (χ0v) is 24.0. The van der Waals surface area contributed by atoms with Gasteiger partial charge < -0.3 is 0 Å². The van der Waals surface area contributed by atoms with E-state index < -0.39 is 35.7 Å². The molecule has 43 heavy (non-hydrogen) atoms. The van der Waals surface area contributed by atoms with Gasteiger partial charge in [0.1, 0.15) is 6.04 Å². The molecule has 0 aromatic heterocycles. The minimum absolute atomic E-state index is 0.0328. The molecule has 0 spiro atoms. The van der Waals surface area contributed by atoms with Crippen LogP contribution in [0.5, 0.6) is 0 Å². The van der Waals surface area contributed by atoms with Crippen LogP contribution in [0.15, 0.2) is 66.7 Å². The van der Waals surface area contributed by atoms with Gasteiger partial charge in [0.15, 0.2) is 0 Å². The molecule has 3 atom stereocenters. The van der Waals surface area contributed by atoms with Gasteiger partial charge in [-0.2, -0.15) is 39.5 Å². The van der Waals surface area contributed by atoms with Crippen molar-refractivity contribution in [2.24, 2.45) is 5.92 Å². The second-order valence-electron chi connectivity index (χ2n) is 12.0. The molecule has 1 heterocycles. The first-order chi connectivity index (χ1) is 19.9. The van der Waals surface area contributed by atoms with E-state index in [1.807, 2.05) is 25.1 Å². The fraction of sp³-hybridized carbons (Fsp3) is 0.455. The second kappa shape index (κ2) is 12.5. The van der Waals surface area contributed by atoms with Gasteiger partial charge in [0.2, 0.25) is 0 Å². The first kappa shape index (κ1) is 32.9. The van der Waals surface area contributed by atoms with Crippen LogP contribution in [0.25, 0.3) is 11.1 Å². The van der Waals surface area contributed by atoms with Crippen LogP contribution in [-0.4, -0.2) is 23.7 Å². The van der Waals surface area contributed by atoms with Gasteiger partial charge in [-0.05, 0) is 83.0 Å². The van der Waals surface area contributed by atoms with Crippen molar-refractivity contribution in [1.29, 1.82) is 0 Å². The number of piperidine rings is 1. The van der Waals surface area contributed by atoms with Crippen molar-refractivity contribution in [3.05, 3.63) is 94.5 Å². The number of alkyl halides is 9. The Bertz CT molecular complexity index is 1370. The first-order valence-corrected chi connectivity index (χ1v) is 14.2. The number of rotatable bonds is 7. The van der Waals surface area contributed by atoms with Crippen LogP contribution < -0.4 is 0 Å². The molecule has 0 amide bonds. The van der Waals surface area contributed by atoms with Gasteiger partial charge in [-0.15, -0.1) is 0 Å². The molecule has 1 aliphatic rings. The van der Waals surface area contributed by atoms with Crippen LogP contribution in [-0.2, 0) is 18.9 Å². The molecule has 3 aromatic carbocycles. The summed E-state index contributed by atoms with van der Waals surface area (Å²) in [6, 6.07) is 13.0. The summed E-state index contributed by atoms with van der Waals surface area (Å²) < 4.78 is 122. The van der Waals surface area contributed by atoms with E-state index in [1.165, 1.54) is 29.2 Å². The van der Waals surface area contributed by atoms with Crippen molar-refractivity contribution in [2.75, 3.05) is 6.54 Å². The molecular weight excluding hydrogens is 581 g/mol. The fourth-order valence-corrected chi connectivity index (χ4v) is 6.00. The summed E-state index contributed by atoms with van der Waals surface area (Å²) in [4.78, 5) is 1.20. The van der Waals surface area contributed by atoms with Gasteiger partial charge in [0.25, 0.3) is 0 Å². The van der Waals surface area contributed by atoms with E-state index in [2.05, 4.69) is 13.8 Å². The summed E-state index contributed by atoms with van der Waals surface area (Å²) >= 11 is 0. The van der Waals surface area contributed by atoms with Crippen molar-refractivity contribution in [2.45, 2.75) is 83.0 Å². The van der Waals surface area contributed by atoms with E-state index in [4.69, 9.17) is 0 Å². The fourth-order valence-electron chi connectivity index (χ4n) is 6.00. The van der Waals surface area contributed by atoms with Crippen LogP contribution in [0, 0.1) is 5.92 Å². The monoisotopic (exact) mass is 615 g/mol. The average Bonchev–Trinajstić information content (AvgIpc) is 2.91. The number of halogens is 9. The van der Waals surface area contributed by atoms with Crippen LogP contribution in [0.2, 0.25) is 0 Å². The van der Waals surface area contributed by atoms with Crippen molar-refractivity contribution in [3.63, 3.8) is 0 Å². The molecule has 0 N–H and O–H groups in total. The van der Waals surface area contributed by atoms with E-state index >= 15 is 0 Å². The van der Waals surface area contributed by atoms with Gasteiger partial charge >= 0.3 is 18.5 Å². The topological polar surface area (TPSA) is 3.24 Å². The number of hydrogen-bond donors (Lipinski definition) is 0. The third-order valence-electron chi connectivity index (χ3n) is 8.09. The molecule has 1 aliphatic heterocycles. The molecule has 1 saturated heterocycles. The van der Waals surface area contributed by atoms with Gasteiger partial charge in [0, 0.05) is 13.1 Å². The van der Waals surface area contributed by atoms with E-state index in [0.717, 1.165) is 41.8 Å². The zero-order valence-electron chi connectivity index (χ0n) is 24.0. The third-order valence-corrected chi connectivity index (χ3v) is 8.09. The summed E-state index contributed by atoms with van der Waals surface area (Å²) in [6.45, 7) is 5.84.